The van der Waals surface area contributed by atoms with Crippen LogP contribution in [0.4, 0.5) is 5.82 Å². The summed E-state index contributed by atoms with van der Waals surface area (Å²) in [6.07, 6.45) is 8.37. The number of fused-ring (bicyclic) bond motifs is 1. The zero-order valence-electron chi connectivity index (χ0n) is 15.2. The number of pyridine rings is 1. The Morgan fingerprint density at radius 1 is 1.44 bits per heavy atom. The number of carboxylic acid groups (broad SMARTS) is 1. The molecular formula is C20H30N2O3. The van der Waals surface area contributed by atoms with Gasteiger partial charge in [0.25, 0.3) is 0 Å². The highest BCUT2D eigenvalue weighted by Gasteiger charge is 2.30. The lowest BCUT2D eigenvalue weighted by Gasteiger charge is -2.35. The molecule has 0 spiro atoms. The minimum Gasteiger partial charge on any atom is -0.481 e. The van der Waals surface area contributed by atoms with Gasteiger partial charge in [0.1, 0.15) is 5.82 Å². The van der Waals surface area contributed by atoms with Crippen molar-refractivity contribution in [2.24, 2.45) is 11.8 Å². The van der Waals surface area contributed by atoms with Gasteiger partial charge in [0.05, 0.1) is 12.0 Å². The van der Waals surface area contributed by atoms with Crippen molar-refractivity contribution in [2.45, 2.75) is 64.4 Å². The van der Waals surface area contributed by atoms with Crippen LogP contribution in [0.5, 0.6) is 0 Å². The van der Waals surface area contributed by atoms with Gasteiger partial charge in [-0.25, -0.2) is 4.98 Å². The topological polar surface area (TPSA) is 71.5 Å². The van der Waals surface area contributed by atoms with Crippen LogP contribution in [-0.2, 0) is 22.4 Å². The fourth-order valence-corrected chi connectivity index (χ4v) is 3.79. The zero-order chi connectivity index (χ0) is 17.6. The normalized spacial score (nSPS) is 23.2. The number of hydrogen-bond acceptors (Lipinski definition) is 4. The minimum absolute atomic E-state index is 0.264. The van der Waals surface area contributed by atoms with Crippen LogP contribution in [0.15, 0.2) is 12.1 Å². The smallest absolute Gasteiger partial charge is 0.306 e. The van der Waals surface area contributed by atoms with Gasteiger partial charge < -0.3 is 15.2 Å². The first kappa shape index (κ1) is 18.2. The molecule has 5 nitrogen and oxygen atoms in total. The number of nitrogens with one attached hydrogen (secondary N) is 1. The van der Waals surface area contributed by atoms with Crippen molar-refractivity contribution in [3.63, 3.8) is 0 Å². The first-order valence-electron chi connectivity index (χ1n) is 9.72. The van der Waals surface area contributed by atoms with Crippen molar-refractivity contribution >= 4 is 11.8 Å². The monoisotopic (exact) mass is 346 g/mol. The quantitative estimate of drug-likeness (QED) is 0.714. The summed E-state index contributed by atoms with van der Waals surface area (Å²) >= 11 is 0. The standard InChI is InChI=1S/C20H30N2O3/c1-2-15(20(23)24)9-11-25-18-12-14(13-18)5-7-17-8-6-16-4-3-10-21-19(16)22-17/h6,8,14-15,18H,2-5,7,9-13H2,1H3,(H,21,22)(H,23,24). The van der Waals surface area contributed by atoms with E-state index in [2.05, 4.69) is 17.4 Å². The van der Waals surface area contributed by atoms with E-state index in [0.717, 1.165) is 44.0 Å². The van der Waals surface area contributed by atoms with Crippen LogP contribution in [0, 0.1) is 11.8 Å². The molecular weight excluding hydrogens is 316 g/mol. The van der Waals surface area contributed by atoms with E-state index in [9.17, 15) is 4.79 Å². The number of aryl methyl sites for hydroxylation is 2. The average Bonchev–Trinajstić information content (AvgIpc) is 2.59. The minimum atomic E-state index is -0.704. The lowest BCUT2D eigenvalue weighted by molar-refractivity contribution is -0.143. The Morgan fingerprint density at radius 3 is 3.04 bits per heavy atom. The number of carboxylic acids is 1. The largest absolute Gasteiger partial charge is 0.481 e. The molecule has 25 heavy (non-hydrogen) atoms. The Morgan fingerprint density at radius 2 is 2.28 bits per heavy atom. The summed E-state index contributed by atoms with van der Waals surface area (Å²) in [6.45, 7) is 3.52. The number of ether oxygens (including phenoxy) is 1. The van der Waals surface area contributed by atoms with Crippen LogP contribution in [0.3, 0.4) is 0 Å². The Balaban J connectivity index is 1.32. The van der Waals surface area contributed by atoms with Gasteiger partial charge in [-0.1, -0.05) is 13.0 Å². The Kier molecular flexibility index (Phi) is 6.29. The van der Waals surface area contributed by atoms with Crippen LogP contribution >= 0.6 is 0 Å². The van der Waals surface area contributed by atoms with Crippen LogP contribution in [0.1, 0.15) is 56.7 Å². The van der Waals surface area contributed by atoms with Gasteiger partial charge in [-0.2, -0.15) is 0 Å². The molecule has 0 radical (unpaired) electrons. The van der Waals surface area contributed by atoms with Crippen LogP contribution < -0.4 is 5.32 Å². The van der Waals surface area contributed by atoms with E-state index in [1.54, 1.807) is 0 Å². The molecule has 1 fully saturated rings. The number of carbonyl (C=O) groups is 1. The molecule has 1 atom stereocenters. The van der Waals surface area contributed by atoms with Gasteiger partial charge in [0.15, 0.2) is 0 Å². The van der Waals surface area contributed by atoms with Crippen LogP contribution in [0.25, 0.3) is 0 Å². The maximum atomic E-state index is 11.0. The molecule has 2 N–H and O–H groups in total. The first-order valence-corrected chi connectivity index (χ1v) is 9.72. The van der Waals surface area contributed by atoms with E-state index in [0.29, 0.717) is 25.6 Å². The lowest BCUT2D eigenvalue weighted by atomic mass is 9.79. The number of hydrogen-bond donors (Lipinski definition) is 2. The summed E-state index contributed by atoms with van der Waals surface area (Å²) in [5.41, 5.74) is 2.53. The molecule has 2 heterocycles. The molecule has 0 bridgehead atoms. The van der Waals surface area contributed by atoms with Crippen LogP contribution in [-0.4, -0.2) is 35.3 Å². The molecule has 1 aromatic heterocycles. The Hall–Kier alpha value is -1.62. The average molecular weight is 346 g/mol. The maximum absolute atomic E-state index is 11.0. The third kappa shape index (κ3) is 4.94. The van der Waals surface area contributed by atoms with E-state index < -0.39 is 5.97 Å². The molecule has 1 aromatic rings. The molecule has 0 saturated heterocycles. The highest BCUT2D eigenvalue weighted by atomic mass is 16.5. The van der Waals surface area contributed by atoms with Crippen molar-refractivity contribution in [2.75, 3.05) is 18.5 Å². The number of anilines is 1. The van der Waals surface area contributed by atoms with E-state index in [-0.39, 0.29) is 5.92 Å². The molecule has 1 saturated carbocycles. The van der Waals surface area contributed by atoms with E-state index in [4.69, 9.17) is 14.8 Å². The van der Waals surface area contributed by atoms with E-state index in [1.807, 2.05) is 6.92 Å². The summed E-state index contributed by atoms with van der Waals surface area (Å²) in [5, 5.41) is 12.4. The van der Waals surface area contributed by atoms with E-state index >= 15 is 0 Å². The van der Waals surface area contributed by atoms with Crippen molar-refractivity contribution in [1.82, 2.24) is 4.98 Å². The summed E-state index contributed by atoms with van der Waals surface area (Å²) in [4.78, 5) is 15.7. The van der Waals surface area contributed by atoms with Crippen molar-refractivity contribution < 1.29 is 14.6 Å². The molecule has 0 amide bonds. The molecule has 0 aromatic carbocycles. The van der Waals surface area contributed by atoms with Gasteiger partial charge in [0.2, 0.25) is 0 Å². The number of aliphatic carboxylic acids is 1. The molecule has 1 aliphatic carbocycles. The first-order chi connectivity index (χ1) is 12.2. The molecule has 2 aliphatic rings. The van der Waals surface area contributed by atoms with Crippen molar-refractivity contribution in [3.05, 3.63) is 23.4 Å². The predicted octanol–water partition coefficient (Wildman–Crippen LogP) is 3.67. The number of aromatic nitrogens is 1. The fraction of sp³-hybridized carbons (Fsp3) is 0.700. The van der Waals surface area contributed by atoms with Gasteiger partial charge in [0, 0.05) is 18.8 Å². The zero-order valence-corrected chi connectivity index (χ0v) is 15.2. The molecule has 1 unspecified atom stereocenters. The summed E-state index contributed by atoms with van der Waals surface area (Å²) in [6, 6.07) is 4.40. The SMILES string of the molecule is CCC(CCOC1CC(CCc2ccc3c(n2)NCCC3)C1)C(=O)O. The lowest BCUT2D eigenvalue weighted by Crippen LogP contribution is -2.32. The third-order valence-electron chi connectivity index (χ3n) is 5.61. The Bertz CT molecular complexity index is 584. The highest BCUT2D eigenvalue weighted by molar-refractivity contribution is 5.69. The van der Waals surface area contributed by atoms with Crippen LogP contribution in [0.2, 0.25) is 0 Å². The summed E-state index contributed by atoms with van der Waals surface area (Å²) < 4.78 is 5.83. The third-order valence-corrected chi connectivity index (χ3v) is 5.61. The van der Waals surface area contributed by atoms with E-state index in [1.165, 1.54) is 24.1 Å². The Labute approximate surface area is 150 Å². The number of nitrogens with zero attached hydrogens (tertiary/aromatic N) is 1. The molecule has 138 valence electrons. The summed E-state index contributed by atoms with van der Waals surface area (Å²) in [7, 11) is 0. The summed E-state index contributed by atoms with van der Waals surface area (Å²) in [5.74, 6) is 0.837. The second kappa shape index (κ2) is 8.65. The van der Waals surface area contributed by atoms with Gasteiger partial charge in [-0.15, -0.1) is 0 Å². The predicted molar refractivity (Wildman–Crippen MR) is 97.9 cm³/mol. The van der Waals surface area contributed by atoms with Gasteiger partial charge >= 0.3 is 5.97 Å². The molecule has 5 heteroatoms. The second-order valence-corrected chi connectivity index (χ2v) is 7.44. The molecule has 3 rings (SSSR count). The molecule has 1 aliphatic heterocycles. The maximum Gasteiger partial charge on any atom is 0.306 e. The number of rotatable bonds is 9. The van der Waals surface area contributed by atoms with Gasteiger partial charge in [-0.05, 0) is 68.9 Å². The van der Waals surface area contributed by atoms with Crippen molar-refractivity contribution in [3.8, 4) is 0 Å². The van der Waals surface area contributed by atoms with Crippen molar-refractivity contribution in [1.29, 1.82) is 0 Å². The highest BCUT2D eigenvalue weighted by Crippen LogP contribution is 2.34. The fourth-order valence-electron chi connectivity index (χ4n) is 3.79. The second-order valence-electron chi connectivity index (χ2n) is 7.44. The van der Waals surface area contributed by atoms with Gasteiger partial charge in [-0.3, -0.25) is 4.79 Å².